The standard InChI is InChI=1S/C23H24F2N4O3/c1-2-32-23(31)22-21(18-13-16(25)5-8-19(18)26-22)27-20(30)14-28-9-11-29(12-10-28)17-6-3-15(24)4-7-17/h3-8,13,26H,2,9-12,14H2,1H3,(H,27,30)/p+1. The smallest absolute Gasteiger partial charge is 0.356 e. The second-order valence-corrected chi connectivity index (χ2v) is 7.72. The van der Waals surface area contributed by atoms with Gasteiger partial charge in [-0.15, -0.1) is 0 Å². The Morgan fingerprint density at radius 3 is 2.47 bits per heavy atom. The van der Waals surface area contributed by atoms with Crippen LogP contribution in [0.15, 0.2) is 42.5 Å². The molecular weight excluding hydrogens is 418 g/mol. The van der Waals surface area contributed by atoms with E-state index in [0.29, 0.717) is 10.9 Å². The molecule has 1 fully saturated rings. The van der Waals surface area contributed by atoms with Gasteiger partial charge in [0.2, 0.25) is 0 Å². The number of ether oxygens (including phenoxy) is 1. The van der Waals surface area contributed by atoms with Crippen LogP contribution in [0, 0.1) is 11.6 Å². The second kappa shape index (κ2) is 9.35. The van der Waals surface area contributed by atoms with Crippen molar-refractivity contribution in [3.8, 4) is 0 Å². The van der Waals surface area contributed by atoms with E-state index in [1.54, 1.807) is 19.1 Å². The van der Waals surface area contributed by atoms with Gasteiger partial charge in [0, 0.05) is 16.6 Å². The lowest BCUT2D eigenvalue weighted by Crippen LogP contribution is -3.15. The van der Waals surface area contributed by atoms with Crippen molar-refractivity contribution in [1.82, 2.24) is 4.98 Å². The molecule has 4 rings (SSSR count). The molecule has 1 saturated heterocycles. The third-order valence-corrected chi connectivity index (χ3v) is 5.58. The van der Waals surface area contributed by atoms with Crippen molar-refractivity contribution in [2.75, 3.05) is 49.5 Å². The van der Waals surface area contributed by atoms with E-state index in [4.69, 9.17) is 4.74 Å². The lowest BCUT2D eigenvalue weighted by Gasteiger charge is -2.33. The lowest BCUT2D eigenvalue weighted by molar-refractivity contribution is -0.892. The van der Waals surface area contributed by atoms with Crippen molar-refractivity contribution in [3.05, 3.63) is 59.8 Å². The van der Waals surface area contributed by atoms with Gasteiger partial charge in [0.05, 0.1) is 38.5 Å². The number of hydrogen-bond donors (Lipinski definition) is 3. The number of carbonyl (C=O) groups is 2. The van der Waals surface area contributed by atoms with Crippen LogP contribution in [-0.4, -0.2) is 56.2 Å². The number of rotatable bonds is 6. The molecule has 3 N–H and O–H groups in total. The van der Waals surface area contributed by atoms with Crippen molar-refractivity contribution in [1.29, 1.82) is 0 Å². The number of aromatic amines is 1. The van der Waals surface area contributed by atoms with Crippen LogP contribution in [0.4, 0.5) is 20.2 Å². The van der Waals surface area contributed by atoms with Crippen LogP contribution < -0.4 is 15.1 Å². The summed E-state index contributed by atoms with van der Waals surface area (Å²) in [6.45, 7) is 5.02. The Labute approximate surface area is 183 Å². The number of anilines is 2. The molecule has 1 aromatic heterocycles. The van der Waals surface area contributed by atoms with Crippen molar-refractivity contribution >= 4 is 34.2 Å². The molecule has 32 heavy (non-hydrogen) atoms. The first-order valence-electron chi connectivity index (χ1n) is 10.6. The summed E-state index contributed by atoms with van der Waals surface area (Å²) in [5.74, 6) is -1.62. The van der Waals surface area contributed by atoms with Crippen LogP contribution in [0.5, 0.6) is 0 Å². The highest BCUT2D eigenvalue weighted by Gasteiger charge is 2.25. The molecule has 3 aromatic rings. The summed E-state index contributed by atoms with van der Waals surface area (Å²) in [7, 11) is 0. The van der Waals surface area contributed by atoms with E-state index in [1.807, 2.05) is 0 Å². The number of benzene rings is 2. The largest absolute Gasteiger partial charge is 0.461 e. The number of quaternary nitrogens is 1. The Balaban J connectivity index is 1.43. The third kappa shape index (κ3) is 4.72. The molecule has 0 spiro atoms. The Kier molecular flexibility index (Phi) is 6.36. The molecule has 9 heteroatoms. The first kappa shape index (κ1) is 21.8. The van der Waals surface area contributed by atoms with Gasteiger partial charge in [-0.05, 0) is 49.4 Å². The number of amides is 1. The molecule has 1 amide bonds. The highest BCUT2D eigenvalue weighted by atomic mass is 19.1. The summed E-state index contributed by atoms with van der Waals surface area (Å²) in [6.07, 6.45) is 0. The van der Waals surface area contributed by atoms with Gasteiger partial charge in [-0.1, -0.05) is 0 Å². The predicted molar refractivity (Wildman–Crippen MR) is 117 cm³/mol. The molecule has 0 saturated carbocycles. The topological polar surface area (TPSA) is 78.9 Å². The van der Waals surface area contributed by atoms with Crippen LogP contribution in [0.3, 0.4) is 0 Å². The Morgan fingerprint density at radius 1 is 1.09 bits per heavy atom. The average Bonchev–Trinajstić information content (AvgIpc) is 3.12. The number of halogens is 2. The van der Waals surface area contributed by atoms with E-state index in [1.165, 1.54) is 30.3 Å². The minimum absolute atomic E-state index is 0.0944. The van der Waals surface area contributed by atoms with Crippen molar-refractivity contribution in [2.45, 2.75) is 6.92 Å². The second-order valence-electron chi connectivity index (χ2n) is 7.72. The van der Waals surface area contributed by atoms with Gasteiger partial charge in [-0.25, -0.2) is 13.6 Å². The zero-order valence-electron chi connectivity index (χ0n) is 17.7. The monoisotopic (exact) mass is 443 g/mol. The van der Waals surface area contributed by atoms with E-state index in [0.717, 1.165) is 36.8 Å². The van der Waals surface area contributed by atoms with Gasteiger partial charge < -0.3 is 24.8 Å². The maximum absolute atomic E-state index is 13.8. The predicted octanol–water partition coefficient (Wildman–Crippen LogP) is 1.97. The molecule has 2 heterocycles. The zero-order chi connectivity index (χ0) is 22.7. The van der Waals surface area contributed by atoms with Crippen molar-refractivity contribution in [2.24, 2.45) is 0 Å². The van der Waals surface area contributed by atoms with Crippen molar-refractivity contribution < 1.29 is 28.0 Å². The highest BCUT2D eigenvalue weighted by Crippen LogP contribution is 2.29. The number of nitrogens with zero attached hydrogens (tertiary/aromatic N) is 1. The molecule has 0 unspecified atom stereocenters. The van der Waals surface area contributed by atoms with Crippen LogP contribution >= 0.6 is 0 Å². The molecule has 168 valence electrons. The number of nitrogens with one attached hydrogen (secondary N) is 3. The van der Waals surface area contributed by atoms with E-state index in [2.05, 4.69) is 15.2 Å². The van der Waals surface area contributed by atoms with Crippen LogP contribution in [0.25, 0.3) is 10.9 Å². The summed E-state index contributed by atoms with van der Waals surface area (Å²) < 4.78 is 32.0. The Morgan fingerprint density at radius 2 is 1.78 bits per heavy atom. The van der Waals surface area contributed by atoms with Crippen LogP contribution in [0.2, 0.25) is 0 Å². The first-order chi connectivity index (χ1) is 15.4. The van der Waals surface area contributed by atoms with E-state index in [-0.39, 0.29) is 36.3 Å². The summed E-state index contributed by atoms with van der Waals surface area (Å²) in [5, 5.41) is 3.20. The van der Waals surface area contributed by atoms with Crippen molar-refractivity contribution in [3.63, 3.8) is 0 Å². The summed E-state index contributed by atoms with van der Waals surface area (Å²) in [4.78, 5) is 31.3. The highest BCUT2D eigenvalue weighted by molar-refractivity contribution is 6.11. The average molecular weight is 443 g/mol. The molecule has 1 aliphatic heterocycles. The van der Waals surface area contributed by atoms with E-state index >= 15 is 0 Å². The van der Waals surface area contributed by atoms with Gasteiger partial charge in [-0.3, -0.25) is 4.79 Å². The SMILES string of the molecule is CCOC(=O)c1[nH]c2ccc(F)cc2c1NC(=O)C[NH+]1CCN(c2ccc(F)cc2)CC1. The summed E-state index contributed by atoms with van der Waals surface area (Å²) >= 11 is 0. The fourth-order valence-corrected chi connectivity index (χ4v) is 3.97. The maximum atomic E-state index is 13.8. The number of fused-ring (bicyclic) bond motifs is 1. The molecule has 7 nitrogen and oxygen atoms in total. The third-order valence-electron chi connectivity index (χ3n) is 5.58. The lowest BCUT2D eigenvalue weighted by atomic mass is 10.2. The molecule has 0 bridgehead atoms. The number of esters is 1. The molecular formula is C23H25F2N4O3+. The maximum Gasteiger partial charge on any atom is 0.356 e. The zero-order valence-corrected chi connectivity index (χ0v) is 17.7. The van der Waals surface area contributed by atoms with Gasteiger partial charge in [0.1, 0.15) is 17.3 Å². The number of piperazine rings is 1. The molecule has 0 radical (unpaired) electrons. The number of H-pyrrole nitrogens is 1. The van der Waals surface area contributed by atoms with Gasteiger partial charge in [0.25, 0.3) is 5.91 Å². The van der Waals surface area contributed by atoms with Gasteiger partial charge in [0.15, 0.2) is 6.54 Å². The Hall–Kier alpha value is -3.46. The Bertz CT molecular complexity index is 1120. The molecule has 2 aromatic carbocycles. The summed E-state index contributed by atoms with van der Waals surface area (Å²) in [6, 6.07) is 10.5. The first-order valence-corrected chi connectivity index (χ1v) is 10.6. The normalized spacial score (nSPS) is 14.5. The number of hydrogen-bond acceptors (Lipinski definition) is 4. The van der Waals surface area contributed by atoms with Crippen LogP contribution in [0.1, 0.15) is 17.4 Å². The van der Waals surface area contributed by atoms with E-state index < -0.39 is 11.8 Å². The fourth-order valence-electron chi connectivity index (χ4n) is 3.97. The van der Waals surface area contributed by atoms with E-state index in [9.17, 15) is 18.4 Å². The quantitative estimate of drug-likeness (QED) is 0.509. The minimum Gasteiger partial charge on any atom is -0.461 e. The van der Waals surface area contributed by atoms with Gasteiger partial charge in [-0.2, -0.15) is 0 Å². The molecule has 1 aliphatic rings. The van der Waals surface area contributed by atoms with Crippen LogP contribution in [-0.2, 0) is 9.53 Å². The molecule has 0 atom stereocenters. The number of carbonyl (C=O) groups excluding carboxylic acids is 2. The minimum atomic E-state index is -0.611. The summed E-state index contributed by atoms with van der Waals surface area (Å²) in [5.41, 5.74) is 1.81. The molecule has 0 aliphatic carbocycles. The fraction of sp³-hybridized carbons (Fsp3) is 0.304. The van der Waals surface area contributed by atoms with Gasteiger partial charge >= 0.3 is 5.97 Å². The number of aromatic nitrogens is 1.